The molecule has 2 aromatic rings. The zero-order valence-corrected chi connectivity index (χ0v) is 12.6. The SMILES string of the molecule is CCC(C(=O)OC)n1nc(-c2cccc([N+](=O)[O-])c2)ccc1=O. The second-order valence-corrected chi connectivity index (χ2v) is 4.76. The van der Waals surface area contributed by atoms with Crippen LogP contribution in [0.2, 0.25) is 0 Å². The van der Waals surface area contributed by atoms with Crippen molar-refractivity contribution in [3.63, 3.8) is 0 Å². The van der Waals surface area contributed by atoms with Crippen LogP contribution < -0.4 is 5.56 Å². The number of carbonyl (C=O) groups excluding carboxylic acids is 1. The van der Waals surface area contributed by atoms with E-state index >= 15 is 0 Å². The molecule has 1 heterocycles. The topological polar surface area (TPSA) is 104 Å². The highest BCUT2D eigenvalue weighted by Gasteiger charge is 2.22. The lowest BCUT2D eigenvalue weighted by atomic mass is 10.1. The van der Waals surface area contributed by atoms with E-state index in [9.17, 15) is 19.7 Å². The van der Waals surface area contributed by atoms with Crippen molar-refractivity contribution in [3.8, 4) is 11.3 Å². The number of nitro benzene ring substituents is 1. The number of rotatable bonds is 5. The van der Waals surface area contributed by atoms with Crippen molar-refractivity contribution >= 4 is 11.7 Å². The number of hydrogen-bond donors (Lipinski definition) is 0. The first-order valence-electron chi connectivity index (χ1n) is 6.90. The average Bonchev–Trinajstić information content (AvgIpc) is 2.57. The number of esters is 1. The number of benzene rings is 1. The van der Waals surface area contributed by atoms with E-state index < -0.39 is 22.5 Å². The van der Waals surface area contributed by atoms with E-state index in [1.807, 2.05) is 0 Å². The van der Waals surface area contributed by atoms with Crippen LogP contribution in [-0.2, 0) is 9.53 Å². The molecule has 0 amide bonds. The van der Waals surface area contributed by atoms with E-state index in [0.717, 1.165) is 4.68 Å². The number of aromatic nitrogens is 2. The van der Waals surface area contributed by atoms with Crippen LogP contribution in [0.1, 0.15) is 19.4 Å². The molecule has 0 saturated carbocycles. The molecule has 120 valence electrons. The summed E-state index contributed by atoms with van der Waals surface area (Å²) < 4.78 is 5.72. The van der Waals surface area contributed by atoms with Crippen molar-refractivity contribution < 1.29 is 14.5 Å². The van der Waals surface area contributed by atoms with Gasteiger partial charge in [-0.3, -0.25) is 14.9 Å². The number of ether oxygens (including phenoxy) is 1. The summed E-state index contributed by atoms with van der Waals surface area (Å²) >= 11 is 0. The van der Waals surface area contributed by atoms with Crippen molar-refractivity contribution in [1.29, 1.82) is 0 Å². The lowest BCUT2D eigenvalue weighted by Crippen LogP contribution is -2.32. The monoisotopic (exact) mass is 317 g/mol. The van der Waals surface area contributed by atoms with Gasteiger partial charge in [0.1, 0.15) is 0 Å². The second kappa shape index (κ2) is 6.82. The lowest BCUT2D eigenvalue weighted by Gasteiger charge is -2.15. The van der Waals surface area contributed by atoms with Gasteiger partial charge in [-0.25, -0.2) is 9.48 Å². The Morgan fingerprint density at radius 2 is 2.13 bits per heavy atom. The van der Waals surface area contributed by atoms with Gasteiger partial charge in [0.15, 0.2) is 6.04 Å². The Bertz CT molecular complexity index is 800. The van der Waals surface area contributed by atoms with Gasteiger partial charge in [0.25, 0.3) is 11.2 Å². The van der Waals surface area contributed by atoms with Gasteiger partial charge in [-0.2, -0.15) is 5.10 Å². The highest BCUT2D eigenvalue weighted by molar-refractivity contribution is 5.74. The summed E-state index contributed by atoms with van der Waals surface area (Å²) in [6, 6.07) is 7.78. The molecular formula is C15H15N3O5. The number of nitrogens with zero attached hydrogens (tertiary/aromatic N) is 3. The van der Waals surface area contributed by atoms with Crippen molar-refractivity contribution in [1.82, 2.24) is 9.78 Å². The molecule has 0 aliphatic rings. The normalized spacial score (nSPS) is 11.7. The Balaban J connectivity index is 2.52. The molecule has 1 unspecified atom stereocenters. The van der Waals surface area contributed by atoms with E-state index in [0.29, 0.717) is 17.7 Å². The molecule has 0 N–H and O–H groups in total. The van der Waals surface area contributed by atoms with Gasteiger partial charge in [0, 0.05) is 23.8 Å². The third-order valence-electron chi connectivity index (χ3n) is 3.33. The van der Waals surface area contributed by atoms with E-state index in [1.165, 1.54) is 37.4 Å². The van der Waals surface area contributed by atoms with Crippen LogP contribution in [0.25, 0.3) is 11.3 Å². The molecule has 0 aliphatic heterocycles. The predicted octanol–water partition coefficient (Wildman–Crippen LogP) is 1.94. The van der Waals surface area contributed by atoms with Crippen molar-refractivity contribution in [2.45, 2.75) is 19.4 Å². The quantitative estimate of drug-likeness (QED) is 0.474. The fourth-order valence-corrected chi connectivity index (χ4v) is 2.16. The molecule has 8 heteroatoms. The molecule has 23 heavy (non-hydrogen) atoms. The maximum Gasteiger partial charge on any atom is 0.330 e. The fraction of sp³-hybridized carbons (Fsp3) is 0.267. The predicted molar refractivity (Wildman–Crippen MR) is 81.9 cm³/mol. The summed E-state index contributed by atoms with van der Waals surface area (Å²) in [4.78, 5) is 34.1. The van der Waals surface area contributed by atoms with Gasteiger partial charge in [-0.1, -0.05) is 19.1 Å². The van der Waals surface area contributed by atoms with Crippen LogP contribution in [0.3, 0.4) is 0 Å². The minimum absolute atomic E-state index is 0.0814. The third-order valence-corrected chi connectivity index (χ3v) is 3.33. The van der Waals surface area contributed by atoms with E-state index in [2.05, 4.69) is 9.84 Å². The van der Waals surface area contributed by atoms with Crippen LogP contribution in [0.15, 0.2) is 41.2 Å². The summed E-state index contributed by atoms with van der Waals surface area (Å²) in [5, 5.41) is 15.0. The number of non-ortho nitro benzene ring substituents is 1. The summed E-state index contributed by atoms with van der Waals surface area (Å²) in [6.45, 7) is 1.73. The highest BCUT2D eigenvalue weighted by atomic mass is 16.6. The number of hydrogen-bond acceptors (Lipinski definition) is 6. The molecule has 0 bridgehead atoms. The van der Waals surface area contributed by atoms with Gasteiger partial charge >= 0.3 is 5.97 Å². The van der Waals surface area contributed by atoms with Crippen LogP contribution in [0, 0.1) is 10.1 Å². The summed E-state index contributed by atoms with van der Waals surface area (Å²) in [6.07, 6.45) is 0.331. The maximum atomic E-state index is 12.0. The first kappa shape index (κ1) is 16.3. The first-order chi connectivity index (χ1) is 11.0. The van der Waals surface area contributed by atoms with Gasteiger partial charge in [-0.05, 0) is 12.5 Å². The number of nitro groups is 1. The van der Waals surface area contributed by atoms with Crippen molar-refractivity contribution in [2.75, 3.05) is 7.11 Å². The second-order valence-electron chi connectivity index (χ2n) is 4.76. The Morgan fingerprint density at radius 1 is 1.39 bits per heavy atom. The molecule has 1 aromatic carbocycles. The van der Waals surface area contributed by atoms with Crippen LogP contribution >= 0.6 is 0 Å². The van der Waals surface area contributed by atoms with Gasteiger partial charge in [-0.15, -0.1) is 0 Å². The van der Waals surface area contributed by atoms with Gasteiger partial charge in [0.2, 0.25) is 0 Å². The maximum absolute atomic E-state index is 12.0. The zero-order chi connectivity index (χ0) is 17.0. The Hall–Kier alpha value is -3.03. The smallest absolute Gasteiger partial charge is 0.330 e. The molecular weight excluding hydrogens is 302 g/mol. The van der Waals surface area contributed by atoms with E-state index in [4.69, 9.17) is 0 Å². The Kier molecular flexibility index (Phi) is 4.85. The molecule has 1 aromatic heterocycles. The average molecular weight is 317 g/mol. The minimum atomic E-state index is -0.842. The minimum Gasteiger partial charge on any atom is -0.467 e. The summed E-state index contributed by atoms with van der Waals surface area (Å²) in [7, 11) is 1.24. The van der Waals surface area contributed by atoms with Crippen molar-refractivity contribution in [2.24, 2.45) is 0 Å². The van der Waals surface area contributed by atoms with Crippen LogP contribution in [0.5, 0.6) is 0 Å². The molecule has 2 rings (SSSR count). The van der Waals surface area contributed by atoms with E-state index in [-0.39, 0.29) is 5.69 Å². The fourth-order valence-electron chi connectivity index (χ4n) is 2.16. The largest absolute Gasteiger partial charge is 0.467 e. The van der Waals surface area contributed by atoms with Crippen LogP contribution in [-0.4, -0.2) is 27.8 Å². The standard InChI is InChI=1S/C15H15N3O5/c1-3-13(15(20)23-2)17-14(19)8-7-12(16-17)10-5-4-6-11(9-10)18(21)22/h4-9,13H,3H2,1-2H3. The molecule has 0 spiro atoms. The summed E-state index contributed by atoms with van der Waals surface area (Å²) in [5.74, 6) is -0.571. The molecule has 0 saturated heterocycles. The van der Waals surface area contributed by atoms with Gasteiger partial charge < -0.3 is 4.74 Å². The zero-order valence-electron chi connectivity index (χ0n) is 12.6. The summed E-state index contributed by atoms with van der Waals surface area (Å²) in [5.41, 5.74) is 0.307. The molecule has 8 nitrogen and oxygen atoms in total. The Labute approximate surface area is 131 Å². The Morgan fingerprint density at radius 3 is 2.74 bits per heavy atom. The third kappa shape index (κ3) is 3.42. The first-order valence-corrected chi connectivity index (χ1v) is 6.90. The highest BCUT2D eigenvalue weighted by Crippen LogP contribution is 2.22. The number of methoxy groups -OCH3 is 1. The molecule has 0 radical (unpaired) electrons. The van der Waals surface area contributed by atoms with Crippen LogP contribution in [0.4, 0.5) is 5.69 Å². The lowest BCUT2D eigenvalue weighted by molar-refractivity contribution is -0.384. The van der Waals surface area contributed by atoms with E-state index in [1.54, 1.807) is 13.0 Å². The van der Waals surface area contributed by atoms with Crippen molar-refractivity contribution in [3.05, 3.63) is 56.9 Å². The molecule has 0 aliphatic carbocycles. The van der Waals surface area contributed by atoms with Gasteiger partial charge in [0.05, 0.1) is 17.7 Å². The molecule has 1 atom stereocenters. The number of carbonyl (C=O) groups is 1. The molecule has 0 fully saturated rings.